The van der Waals surface area contributed by atoms with Gasteiger partial charge in [-0.2, -0.15) is 0 Å². The Labute approximate surface area is 47.7 Å². The fourth-order valence-electron chi connectivity index (χ4n) is 0.532. The molecule has 0 aromatic heterocycles. The van der Waals surface area contributed by atoms with Crippen molar-refractivity contribution in [1.29, 1.82) is 0 Å². The van der Waals surface area contributed by atoms with Crippen molar-refractivity contribution in [1.82, 2.24) is 0 Å². The van der Waals surface area contributed by atoms with Crippen molar-refractivity contribution in [3.05, 3.63) is 35.5 Å². The third kappa shape index (κ3) is 1.05. The van der Waals surface area contributed by atoms with Crippen LogP contribution in [0.25, 0.3) is 0 Å². The molecule has 0 aliphatic rings. The molecule has 2 heteroatoms. The number of hydrogen-bond donors (Lipinski definition) is 1. The molecule has 0 fully saturated rings. The van der Waals surface area contributed by atoms with Gasteiger partial charge in [-0.15, -0.1) is 0 Å². The van der Waals surface area contributed by atoms with Gasteiger partial charge < -0.3 is 10.7 Å². The second-order valence-electron chi connectivity index (χ2n) is 1.53. The number of rotatable bonds is 1. The van der Waals surface area contributed by atoms with E-state index in [9.17, 15) is 5.21 Å². The van der Waals surface area contributed by atoms with Crippen molar-refractivity contribution in [2.24, 2.45) is 0 Å². The van der Waals surface area contributed by atoms with E-state index in [-0.39, 0.29) is 0 Å². The van der Waals surface area contributed by atoms with Gasteiger partial charge in [0.25, 0.3) is 0 Å². The highest BCUT2D eigenvalue weighted by molar-refractivity contribution is 5.26. The molecule has 1 aromatic carbocycles. The summed E-state index contributed by atoms with van der Waals surface area (Å²) in [7, 11) is 0. The highest BCUT2D eigenvalue weighted by Crippen LogP contribution is 1.94. The Hall–Kier alpha value is -0.860. The average molecular weight is 109 g/mol. The lowest BCUT2D eigenvalue weighted by Gasteiger charge is -1.97. The van der Waals surface area contributed by atoms with Crippen LogP contribution in [0, 0.1) is 5.21 Å². The van der Waals surface area contributed by atoms with E-state index in [1.807, 2.05) is 18.2 Å². The summed E-state index contributed by atoms with van der Waals surface area (Å²) in [4.78, 5) is 0. The van der Waals surface area contributed by atoms with Gasteiger partial charge >= 0.3 is 0 Å². The van der Waals surface area contributed by atoms with E-state index in [4.69, 9.17) is 0 Å². The minimum atomic E-state index is 0.729. The summed E-state index contributed by atoms with van der Waals surface area (Å²) < 4.78 is 0. The van der Waals surface area contributed by atoms with Crippen LogP contribution in [0.1, 0.15) is 0 Å². The smallest absolute Gasteiger partial charge is 0.129 e. The van der Waals surface area contributed by atoms with Crippen LogP contribution in [0.15, 0.2) is 30.3 Å². The lowest BCUT2D eigenvalue weighted by atomic mass is 10.3. The lowest BCUT2D eigenvalue weighted by Crippen LogP contribution is -2.69. The molecular weight excluding hydrogens is 102 g/mol. The van der Waals surface area contributed by atoms with Gasteiger partial charge in [0.15, 0.2) is 0 Å². The summed E-state index contributed by atoms with van der Waals surface area (Å²) in [5.41, 5.74) is 1.56. The minimum Gasteiger partial charge on any atom is -0.630 e. The molecular formula is C6H7NO. The zero-order valence-electron chi connectivity index (χ0n) is 4.37. The van der Waals surface area contributed by atoms with Crippen LogP contribution in [0.4, 0.5) is 5.69 Å². The van der Waals surface area contributed by atoms with Gasteiger partial charge in [-0.1, -0.05) is 18.2 Å². The number of benzene rings is 1. The molecule has 0 saturated heterocycles. The molecule has 1 rings (SSSR count). The standard InChI is InChI=1S/C6H7NO/c8-7-6-4-2-1-3-5-6/h1-5H,7H2. The normalized spacial score (nSPS) is 9.12. The SMILES string of the molecule is [O-][NH2+]c1ccccc1. The van der Waals surface area contributed by atoms with Crippen molar-refractivity contribution in [2.75, 3.05) is 0 Å². The van der Waals surface area contributed by atoms with E-state index in [0.717, 1.165) is 11.2 Å². The molecule has 42 valence electrons. The Kier molecular flexibility index (Phi) is 1.62. The van der Waals surface area contributed by atoms with E-state index in [0.29, 0.717) is 0 Å². The average Bonchev–Trinajstić information content (AvgIpc) is 1.90. The molecule has 0 atom stereocenters. The molecule has 0 unspecified atom stereocenters. The van der Waals surface area contributed by atoms with Gasteiger partial charge in [0, 0.05) is 0 Å². The molecule has 2 N–H and O–H groups in total. The lowest BCUT2D eigenvalue weighted by molar-refractivity contribution is -0.497. The first-order chi connectivity index (χ1) is 3.93. The molecule has 0 aliphatic heterocycles. The molecule has 0 aliphatic carbocycles. The summed E-state index contributed by atoms with van der Waals surface area (Å²) in [5.74, 6) is 0. The Balaban J connectivity index is 2.83. The maximum absolute atomic E-state index is 10.0. The molecule has 0 bridgehead atoms. The van der Waals surface area contributed by atoms with Crippen LogP contribution in [0.5, 0.6) is 0 Å². The van der Waals surface area contributed by atoms with Crippen LogP contribution in [-0.4, -0.2) is 0 Å². The molecule has 1 aromatic rings. The first-order valence-corrected chi connectivity index (χ1v) is 2.44. The highest BCUT2D eigenvalue weighted by Gasteiger charge is 1.80. The summed E-state index contributed by atoms with van der Waals surface area (Å²) in [6.07, 6.45) is 0. The van der Waals surface area contributed by atoms with E-state index in [1.54, 1.807) is 12.1 Å². The van der Waals surface area contributed by atoms with Crippen molar-refractivity contribution in [3.8, 4) is 0 Å². The predicted octanol–water partition coefficient (Wildman–Crippen LogP) is 0.379. The van der Waals surface area contributed by atoms with E-state index in [1.165, 1.54) is 0 Å². The van der Waals surface area contributed by atoms with Gasteiger partial charge in [0.05, 0.1) is 0 Å². The summed E-state index contributed by atoms with van der Waals surface area (Å²) in [5, 5.41) is 10.0. The molecule has 0 saturated carbocycles. The first-order valence-electron chi connectivity index (χ1n) is 2.44. The summed E-state index contributed by atoms with van der Waals surface area (Å²) in [6, 6.07) is 9.10. The van der Waals surface area contributed by atoms with E-state index in [2.05, 4.69) is 0 Å². The monoisotopic (exact) mass is 109 g/mol. The largest absolute Gasteiger partial charge is 0.630 e. The number of hydrogen-bond acceptors (Lipinski definition) is 1. The zero-order valence-corrected chi connectivity index (χ0v) is 4.37. The van der Waals surface area contributed by atoms with Crippen molar-refractivity contribution in [2.45, 2.75) is 0 Å². The fraction of sp³-hybridized carbons (Fsp3) is 0. The fourth-order valence-corrected chi connectivity index (χ4v) is 0.532. The van der Waals surface area contributed by atoms with Crippen LogP contribution in [0.3, 0.4) is 0 Å². The topological polar surface area (TPSA) is 39.7 Å². The van der Waals surface area contributed by atoms with Crippen LogP contribution < -0.4 is 5.48 Å². The second kappa shape index (κ2) is 2.45. The number of nitrogens with two attached hydrogens (primary N) is 1. The predicted molar refractivity (Wildman–Crippen MR) is 31.4 cm³/mol. The summed E-state index contributed by atoms with van der Waals surface area (Å²) in [6.45, 7) is 0. The molecule has 0 radical (unpaired) electrons. The number of quaternary nitrogens is 1. The van der Waals surface area contributed by atoms with Crippen LogP contribution >= 0.6 is 0 Å². The van der Waals surface area contributed by atoms with E-state index < -0.39 is 0 Å². The van der Waals surface area contributed by atoms with Gasteiger partial charge in [0.1, 0.15) is 5.69 Å². The molecule has 8 heavy (non-hydrogen) atoms. The first kappa shape index (κ1) is 5.28. The maximum Gasteiger partial charge on any atom is 0.129 e. The van der Waals surface area contributed by atoms with Gasteiger partial charge in [-0.05, 0) is 12.1 Å². The molecule has 2 nitrogen and oxygen atoms in total. The molecule has 0 amide bonds. The van der Waals surface area contributed by atoms with Gasteiger partial charge in [0.2, 0.25) is 0 Å². The van der Waals surface area contributed by atoms with E-state index >= 15 is 0 Å². The van der Waals surface area contributed by atoms with Crippen LogP contribution in [-0.2, 0) is 0 Å². The third-order valence-corrected chi connectivity index (χ3v) is 0.936. The second-order valence-corrected chi connectivity index (χ2v) is 1.53. The Morgan fingerprint density at radius 1 is 1.12 bits per heavy atom. The molecule has 0 spiro atoms. The van der Waals surface area contributed by atoms with Crippen molar-refractivity contribution < 1.29 is 5.48 Å². The van der Waals surface area contributed by atoms with Gasteiger partial charge in [-0.3, -0.25) is 0 Å². The quantitative estimate of drug-likeness (QED) is 0.411. The minimum absolute atomic E-state index is 0.729. The maximum atomic E-state index is 10.0. The Bertz CT molecular complexity index is 150. The Morgan fingerprint density at radius 2 is 1.75 bits per heavy atom. The van der Waals surface area contributed by atoms with Crippen molar-refractivity contribution >= 4 is 5.69 Å². The van der Waals surface area contributed by atoms with Crippen LogP contribution in [0.2, 0.25) is 0 Å². The highest BCUT2D eigenvalue weighted by atomic mass is 16.5. The Morgan fingerprint density at radius 3 is 2.12 bits per heavy atom. The van der Waals surface area contributed by atoms with Crippen molar-refractivity contribution in [3.63, 3.8) is 0 Å². The summed E-state index contributed by atoms with van der Waals surface area (Å²) >= 11 is 0. The molecule has 0 heterocycles. The third-order valence-electron chi connectivity index (χ3n) is 0.936. The zero-order chi connectivity index (χ0) is 5.82. The van der Waals surface area contributed by atoms with Gasteiger partial charge in [-0.25, -0.2) is 0 Å².